The van der Waals surface area contributed by atoms with Crippen molar-refractivity contribution in [3.05, 3.63) is 65.9 Å². The van der Waals surface area contributed by atoms with E-state index in [-0.39, 0.29) is 17.2 Å². The third-order valence-corrected chi connectivity index (χ3v) is 10.8. The van der Waals surface area contributed by atoms with Crippen LogP contribution in [0.1, 0.15) is 59.2 Å². The summed E-state index contributed by atoms with van der Waals surface area (Å²) in [5.74, 6) is -0.950. The van der Waals surface area contributed by atoms with E-state index in [1.165, 1.54) is 24.3 Å². The highest BCUT2D eigenvalue weighted by atomic mass is 28.4. The van der Waals surface area contributed by atoms with E-state index in [2.05, 4.69) is 45.4 Å². The number of pyridine rings is 1. The molecule has 1 N–H and O–H groups in total. The van der Waals surface area contributed by atoms with E-state index in [1.54, 1.807) is 19.1 Å². The molecule has 0 aliphatic heterocycles. The molecule has 1 aromatic heterocycles. The van der Waals surface area contributed by atoms with Crippen molar-refractivity contribution >= 4 is 8.32 Å². The van der Waals surface area contributed by atoms with Crippen LogP contribution in [-0.2, 0) is 15.6 Å². The third-order valence-electron chi connectivity index (χ3n) is 6.13. The summed E-state index contributed by atoms with van der Waals surface area (Å²) in [5, 5.41) is 10.9. The van der Waals surface area contributed by atoms with Gasteiger partial charge in [-0.3, -0.25) is 0 Å². The molecule has 0 fully saturated rings. The van der Waals surface area contributed by atoms with Crippen molar-refractivity contribution in [2.24, 2.45) is 0 Å². The van der Waals surface area contributed by atoms with Crippen LogP contribution >= 0.6 is 0 Å². The molecule has 6 heteroatoms. The lowest BCUT2D eigenvalue weighted by Crippen LogP contribution is -2.46. The zero-order chi connectivity index (χ0) is 23.8. The average Bonchev–Trinajstić information content (AvgIpc) is 2.60. The first-order valence-electron chi connectivity index (χ1n) is 10.5. The van der Waals surface area contributed by atoms with Gasteiger partial charge in [-0.15, -0.1) is 6.58 Å². The average molecular weight is 448 g/mol. The lowest BCUT2D eigenvalue weighted by Gasteiger charge is -2.43. The molecule has 2 rings (SSSR count). The Morgan fingerprint density at radius 3 is 2.10 bits per heavy atom. The second kappa shape index (κ2) is 8.56. The van der Waals surface area contributed by atoms with Gasteiger partial charge in [-0.05, 0) is 75.7 Å². The molecule has 0 spiro atoms. The standard InChI is InChI=1S/C25H35F2NO2Si/c1-10-15-25(7,29)20-16-19(24(5,6)30-31(8,9)23(2,3)4)21(27)22(28-20)17-11-13-18(26)14-12-17/h10-14,16,29H,1,15H2,2-9H3. The largest absolute Gasteiger partial charge is 0.408 e. The van der Waals surface area contributed by atoms with Gasteiger partial charge in [0.05, 0.1) is 11.3 Å². The molecule has 0 aliphatic rings. The monoisotopic (exact) mass is 447 g/mol. The van der Waals surface area contributed by atoms with Gasteiger partial charge in [-0.1, -0.05) is 26.8 Å². The topological polar surface area (TPSA) is 42.4 Å². The number of hydrogen-bond acceptors (Lipinski definition) is 3. The number of rotatable bonds is 7. The van der Waals surface area contributed by atoms with E-state index in [4.69, 9.17) is 4.43 Å². The van der Waals surface area contributed by atoms with Crippen LogP contribution in [0.15, 0.2) is 43.0 Å². The van der Waals surface area contributed by atoms with Crippen LogP contribution in [0.3, 0.4) is 0 Å². The maximum atomic E-state index is 15.9. The summed E-state index contributed by atoms with van der Waals surface area (Å²) < 4.78 is 35.9. The van der Waals surface area contributed by atoms with Crippen LogP contribution < -0.4 is 0 Å². The molecular weight excluding hydrogens is 412 g/mol. The molecule has 31 heavy (non-hydrogen) atoms. The van der Waals surface area contributed by atoms with Crippen molar-refractivity contribution in [2.75, 3.05) is 0 Å². The lowest BCUT2D eigenvalue weighted by atomic mass is 9.90. The van der Waals surface area contributed by atoms with Gasteiger partial charge in [-0.2, -0.15) is 0 Å². The number of benzene rings is 1. The summed E-state index contributed by atoms with van der Waals surface area (Å²) in [4.78, 5) is 4.44. The minimum atomic E-state index is -2.24. The Balaban J connectivity index is 2.74. The smallest absolute Gasteiger partial charge is 0.193 e. The van der Waals surface area contributed by atoms with Gasteiger partial charge in [0.2, 0.25) is 0 Å². The van der Waals surface area contributed by atoms with E-state index in [0.29, 0.717) is 16.8 Å². The summed E-state index contributed by atoms with van der Waals surface area (Å²) in [6.07, 6.45) is 1.84. The first kappa shape index (κ1) is 25.4. The van der Waals surface area contributed by atoms with E-state index < -0.39 is 31.2 Å². The Hall–Kier alpha value is -1.89. The third kappa shape index (κ3) is 5.48. The highest BCUT2D eigenvalue weighted by Gasteiger charge is 2.43. The Morgan fingerprint density at radius 1 is 1.06 bits per heavy atom. The van der Waals surface area contributed by atoms with E-state index >= 15 is 4.39 Å². The molecular formula is C25H35F2NO2Si. The highest BCUT2D eigenvalue weighted by molar-refractivity contribution is 6.74. The molecule has 1 aromatic carbocycles. The first-order valence-corrected chi connectivity index (χ1v) is 13.4. The number of aromatic nitrogens is 1. The molecule has 170 valence electrons. The van der Waals surface area contributed by atoms with Crippen LogP contribution in [0.25, 0.3) is 11.3 Å². The lowest BCUT2D eigenvalue weighted by molar-refractivity contribution is 0.0541. The van der Waals surface area contributed by atoms with Crippen molar-refractivity contribution in [2.45, 2.75) is 77.3 Å². The molecule has 0 radical (unpaired) electrons. The van der Waals surface area contributed by atoms with Crippen LogP contribution in [-0.4, -0.2) is 18.4 Å². The van der Waals surface area contributed by atoms with Crippen molar-refractivity contribution in [3.63, 3.8) is 0 Å². The Bertz CT molecular complexity index is 945. The SMILES string of the molecule is C=CCC(C)(O)c1cc(C(C)(C)O[Si](C)(C)C(C)(C)C)c(F)c(-c2ccc(F)cc2)n1. The van der Waals surface area contributed by atoms with Crippen molar-refractivity contribution in [1.82, 2.24) is 4.98 Å². The van der Waals surface area contributed by atoms with Gasteiger partial charge in [0.1, 0.15) is 17.1 Å². The molecule has 0 amide bonds. The predicted octanol–water partition coefficient (Wildman–Crippen LogP) is 7.07. The minimum absolute atomic E-state index is 0.0590. The fourth-order valence-corrected chi connectivity index (χ4v) is 4.97. The van der Waals surface area contributed by atoms with Gasteiger partial charge in [0.15, 0.2) is 14.1 Å². The minimum Gasteiger partial charge on any atom is -0.408 e. The van der Waals surface area contributed by atoms with Crippen LogP contribution in [0, 0.1) is 11.6 Å². The summed E-state index contributed by atoms with van der Waals surface area (Å²) in [5.41, 5.74) is -1.19. The Morgan fingerprint density at radius 2 is 1.61 bits per heavy atom. The molecule has 2 aromatic rings. The Labute approximate surface area is 186 Å². The molecule has 1 atom stereocenters. The number of aliphatic hydroxyl groups is 1. The van der Waals surface area contributed by atoms with Crippen molar-refractivity contribution in [3.8, 4) is 11.3 Å². The predicted molar refractivity (Wildman–Crippen MR) is 125 cm³/mol. The fraction of sp³-hybridized carbons (Fsp3) is 0.480. The quantitative estimate of drug-likeness (QED) is 0.365. The fourth-order valence-electron chi connectivity index (χ4n) is 3.27. The van der Waals surface area contributed by atoms with Gasteiger partial charge < -0.3 is 9.53 Å². The summed E-state index contributed by atoms with van der Waals surface area (Å²) in [6, 6.07) is 7.08. The molecule has 0 saturated carbocycles. The molecule has 0 aliphatic carbocycles. The maximum Gasteiger partial charge on any atom is 0.193 e. The van der Waals surface area contributed by atoms with Gasteiger partial charge >= 0.3 is 0 Å². The molecule has 1 unspecified atom stereocenters. The first-order chi connectivity index (χ1) is 14.0. The summed E-state index contributed by atoms with van der Waals surface area (Å²) in [7, 11) is -2.24. The van der Waals surface area contributed by atoms with E-state index in [1.807, 2.05) is 13.8 Å². The van der Waals surface area contributed by atoms with Crippen LogP contribution in [0.4, 0.5) is 8.78 Å². The van der Waals surface area contributed by atoms with Crippen LogP contribution in [0.2, 0.25) is 18.1 Å². The normalized spacial score (nSPS) is 14.9. The highest BCUT2D eigenvalue weighted by Crippen LogP contribution is 2.43. The molecule has 3 nitrogen and oxygen atoms in total. The van der Waals surface area contributed by atoms with Crippen LogP contribution in [0.5, 0.6) is 0 Å². The van der Waals surface area contributed by atoms with Gasteiger partial charge in [0, 0.05) is 11.1 Å². The second-order valence-electron chi connectivity index (χ2n) is 10.4. The number of hydrogen-bond donors (Lipinski definition) is 1. The summed E-state index contributed by atoms with van der Waals surface area (Å²) in [6.45, 7) is 19.6. The van der Waals surface area contributed by atoms with E-state index in [9.17, 15) is 9.50 Å². The number of halogens is 2. The maximum absolute atomic E-state index is 15.9. The van der Waals surface area contributed by atoms with Gasteiger partial charge in [-0.25, -0.2) is 13.8 Å². The van der Waals surface area contributed by atoms with Gasteiger partial charge in [0.25, 0.3) is 0 Å². The zero-order valence-corrected chi connectivity index (χ0v) is 20.9. The molecule has 0 bridgehead atoms. The van der Waals surface area contributed by atoms with E-state index in [0.717, 1.165) is 0 Å². The Kier molecular flexibility index (Phi) is 7.01. The van der Waals surface area contributed by atoms with Crippen molar-refractivity contribution in [1.29, 1.82) is 0 Å². The molecule has 0 saturated heterocycles. The summed E-state index contributed by atoms with van der Waals surface area (Å²) >= 11 is 0. The number of nitrogens with zero attached hydrogens (tertiary/aromatic N) is 1. The van der Waals surface area contributed by atoms with Crippen molar-refractivity contribution < 1.29 is 18.3 Å². The molecule has 1 heterocycles. The second-order valence-corrected chi connectivity index (χ2v) is 15.1. The zero-order valence-electron chi connectivity index (χ0n) is 19.9.